The first-order valence-electron chi connectivity index (χ1n) is 10.9. The fourth-order valence-electron chi connectivity index (χ4n) is 5.39. The number of hydrogen-bond acceptors (Lipinski definition) is 1. The molecular formula is C25H30Cl2OSi2Zr. The Hall–Kier alpha value is -0.223. The van der Waals surface area contributed by atoms with Crippen molar-refractivity contribution in [2.45, 2.75) is 45.9 Å². The zero-order valence-electron chi connectivity index (χ0n) is 18.7. The zero-order valence-corrected chi connectivity index (χ0v) is 24.7. The number of benzene rings is 2. The average Bonchev–Trinajstić information content (AvgIpc) is 3.25. The molecule has 2 aromatic rings. The van der Waals surface area contributed by atoms with Gasteiger partial charge in [-0.25, -0.2) is 0 Å². The molecule has 1 fully saturated rings. The predicted molar refractivity (Wildman–Crippen MR) is 125 cm³/mol. The molecule has 2 aromatic carbocycles. The Kier molecular flexibility index (Phi) is 7.84. The Balaban J connectivity index is 0.00000136. The van der Waals surface area contributed by atoms with E-state index in [-0.39, 0.29) is 24.8 Å². The van der Waals surface area contributed by atoms with E-state index < -0.39 is 39.6 Å². The van der Waals surface area contributed by atoms with Gasteiger partial charge in [0.2, 0.25) is 0 Å². The molecule has 0 radical (unpaired) electrons. The van der Waals surface area contributed by atoms with Crippen LogP contribution >= 0.6 is 0 Å². The summed E-state index contributed by atoms with van der Waals surface area (Å²) in [6.45, 7) is 10.5. The summed E-state index contributed by atoms with van der Waals surface area (Å²) in [5.74, 6) is 0. The molecule has 2 aliphatic carbocycles. The number of halogens is 2. The fraction of sp³-hybridized carbons (Fsp3) is 0.360. The molecule has 0 spiro atoms. The van der Waals surface area contributed by atoms with Crippen LogP contribution in [0.1, 0.15) is 35.9 Å². The average molecular weight is 565 g/mol. The second-order valence-corrected chi connectivity index (χ2v) is 22.4. The van der Waals surface area contributed by atoms with Crippen LogP contribution in [0.25, 0.3) is 12.2 Å². The molecule has 0 amide bonds. The Morgan fingerprint density at radius 3 is 1.81 bits per heavy atom. The SMILES string of the molecule is C[Si](C)(C)OCCC[Si]1(C)C2=Cc3ccccc3[CH]2[Zr+2][CH]2C1=Cc1ccccc12.[Cl-].[Cl-]. The smallest absolute Gasteiger partial charge is 1.00 e. The maximum absolute atomic E-state index is 6.24. The van der Waals surface area contributed by atoms with Gasteiger partial charge in [0.1, 0.15) is 0 Å². The molecule has 0 N–H and O–H groups in total. The third-order valence-corrected chi connectivity index (χ3v) is 18.8. The van der Waals surface area contributed by atoms with E-state index in [4.69, 9.17) is 4.43 Å². The van der Waals surface area contributed by atoms with E-state index in [0.29, 0.717) is 0 Å². The molecule has 2 unspecified atom stereocenters. The van der Waals surface area contributed by atoms with Gasteiger partial charge in [-0.3, -0.25) is 0 Å². The zero-order chi connectivity index (χ0) is 20.2. The summed E-state index contributed by atoms with van der Waals surface area (Å²) < 4.78 is 7.82. The van der Waals surface area contributed by atoms with Gasteiger partial charge < -0.3 is 24.8 Å². The topological polar surface area (TPSA) is 9.23 Å². The molecule has 6 heteroatoms. The monoisotopic (exact) mass is 562 g/mol. The van der Waals surface area contributed by atoms with Crippen LogP contribution in [0.3, 0.4) is 0 Å². The van der Waals surface area contributed by atoms with Crippen molar-refractivity contribution in [3.63, 3.8) is 0 Å². The summed E-state index contributed by atoms with van der Waals surface area (Å²) in [5, 5.41) is 3.71. The van der Waals surface area contributed by atoms with Gasteiger partial charge >= 0.3 is 190 Å². The standard InChI is InChI=1S/C25H30OSi2.2ClH.Zr/c1-27(2,3)26-14-9-15-28(4,24-16-20-10-5-6-11-21(20)17-24)25-18-22-12-7-8-13-23(22)19-25;;;/h5-8,10-13,16-19H,9,14-15H2,1-4H3;2*1H;/q;;;+2/p-2. The molecular weight excluding hydrogens is 535 g/mol. The first-order chi connectivity index (χ1) is 13.9. The summed E-state index contributed by atoms with van der Waals surface area (Å²) in [4.78, 5) is 0. The summed E-state index contributed by atoms with van der Waals surface area (Å²) in [5.41, 5.74) is 6.32. The van der Waals surface area contributed by atoms with Crippen LogP contribution < -0.4 is 24.8 Å². The second kappa shape index (κ2) is 9.56. The van der Waals surface area contributed by atoms with Crippen LogP contribution in [0.4, 0.5) is 0 Å². The molecule has 0 saturated carbocycles. The number of hydrogen-bond donors (Lipinski definition) is 0. The van der Waals surface area contributed by atoms with E-state index in [0.717, 1.165) is 13.9 Å². The van der Waals surface area contributed by atoms with Gasteiger partial charge in [0.15, 0.2) is 0 Å². The van der Waals surface area contributed by atoms with Crippen molar-refractivity contribution in [2.75, 3.05) is 6.61 Å². The predicted octanol–water partition coefficient (Wildman–Crippen LogP) is 0.766. The molecule has 1 heterocycles. The first-order valence-corrected chi connectivity index (χ1v) is 19.8. The third-order valence-electron chi connectivity index (χ3n) is 6.82. The summed E-state index contributed by atoms with van der Waals surface area (Å²) in [7, 11) is -3.12. The van der Waals surface area contributed by atoms with Gasteiger partial charge in [-0.2, -0.15) is 0 Å². The van der Waals surface area contributed by atoms with Crippen molar-refractivity contribution < 1.29 is 52.5 Å². The van der Waals surface area contributed by atoms with E-state index >= 15 is 0 Å². The molecule has 5 rings (SSSR count). The second-order valence-electron chi connectivity index (χ2n) is 9.89. The molecule has 1 aliphatic heterocycles. The Bertz CT molecular complexity index is 961. The van der Waals surface area contributed by atoms with Crippen LogP contribution in [-0.2, 0) is 27.7 Å². The van der Waals surface area contributed by atoms with Crippen LogP contribution in [-0.4, -0.2) is 23.0 Å². The van der Waals surface area contributed by atoms with E-state index in [9.17, 15) is 0 Å². The Morgan fingerprint density at radius 2 is 1.32 bits per heavy atom. The first kappa shape index (κ1) is 25.4. The minimum absolute atomic E-state index is 0. The molecule has 1 nitrogen and oxygen atoms in total. The molecule has 0 aromatic heterocycles. The normalized spacial score (nSPS) is 24.6. The van der Waals surface area contributed by atoms with Crippen molar-refractivity contribution in [1.82, 2.24) is 0 Å². The number of allylic oxidation sites excluding steroid dienone is 2. The maximum Gasteiger partial charge on any atom is -1.00 e. The van der Waals surface area contributed by atoms with Crippen LogP contribution in [0, 0.1) is 0 Å². The van der Waals surface area contributed by atoms with E-state index in [1.54, 1.807) is 11.1 Å². The Labute approximate surface area is 213 Å². The maximum atomic E-state index is 6.24. The third kappa shape index (κ3) is 4.59. The Morgan fingerprint density at radius 1 is 0.839 bits per heavy atom. The summed E-state index contributed by atoms with van der Waals surface area (Å²) in [6, 6.07) is 19.8. The van der Waals surface area contributed by atoms with Crippen molar-refractivity contribution in [1.29, 1.82) is 0 Å². The molecule has 31 heavy (non-hydrogen) atoms. The van der Waals surface area contributed by atoms with Gasteiger partial charge in [0, 0.05) is 0 Å². The largest absolute Gasteiger partial charge is 1.00 e. The van der Waals surface area contributed by atoms with Crippen molar-refractivity contribution in [2.24, 2.45) is 0 Å². The van der Waals surface area contributed by atoms with E-state index in [1.807, 2.05) is 10.4 Å². The summed E-state index contributed by atoms with van der Waals surface area (Å²) >= 11 is -0.643. The quantitative estimate of drug-likeness (QED) is 0.385. The van der Waals surface area contributed by atoms with Gasteiger partial charge in [-0.15, -0.1) is 0 Å². The molecule has 3 aliphatic rings. The van der Waals surface area contributed by atoms with Gasteiger partial charge in [-0.05, 0) is 0 Å². The van der Waals surface area contributed by atoms with Crippen molar-refractivity contribution >= 4 is 28.5 Å². The van der Waals surface area contributed by atoms with Crippen molar-refractivity contribution in [3.05, 3.63) is 81.2 Å². The molecule has 1 saturated heterocycles. The summed E-state index contributed by atoms with van der Waals surface area (Å²) in [6.07, 6.45) is 6.44. The van der Waals surface area contributed by atoms with Gasteiger partial charge in [0.05, 0.1) is 0 Å². The van der Waals surface area contributed by atoms with Gasteiger partial charge in [0.25, 0.3) is 0 Å². The fourth-order valence-corrected chi connectivity index (χ4v) is 20.4. The van der Waals surface area contributed by atoms with Crippen LogP contribution in [0.2, 0.25) is 32.2 Å². The van der Waals surface area contributed by atoms with Gasteiger partial charge in [-0.1, -0.05) is 0 Å². The van der Waals surface area contributed by atoms with Crippen LogP contribution in [0.15, 0.2) is 58.9 Å². The molecule has 0 bridgehead atoms. The van der Waals surface area contributed by atoms with E-state index in [2.05, 4.69) is 86.9 Å². The minimum Gasteiger partial charge on any atom is -1.00 e. The van der Waals surface area contributed by atoms with Crippen LogP contribution in [0.5, 0.6) is 0 Å². The number of fused-ring (bicyclic) bond motifs is 6. The number of rotatable bonds is 5. The van der Waals surface area contributed by atoms with E-state index in [1.165, 1.54) is 23.6 Å². The van der Waals surface area contributed by atoms with Crippen molar-refractivity contribution in [3.8, 4) is 0 Å². The molecule has 162 valence electrons. The minimum atomic E-state index is -1.69. The molecule has 2 atom stereocenters.